The predicted octanol–water partition coefficient (Wildman–Crippen LogP) is 4.41. The van der Waals surface area contributed by atoms with Crippen molar-refractivity contribution in [2.45, 2.75) is 72.3 Å². The minimum Gasteiger partial charge on any atom is -0.377 e. The van der Waals surface area contributed by atoms with Crippen molar-refractivity contribution in [3.8, 4) is 0 Å². The van der Waals surface area contributed by atoms with Gasteiger partial charge in [0.15, 0.2) is 0 Å². The van der Waals surface area contributed by atoms with Crippen LogP contribution < -0.4 is 0 Å². The molecule has 1 nitrogen and oxygen atoms in total. The van der Waals surface area contributed by atoms with E-state index in [-0.39, 0.29) is 0 Å². The molecule has 98 valence electrons. The van der Waals surface area contributed by atoms with Crippen LogP contribution in [-0.4, -0.2) is 12.7 Å². The zero-order valence-corrected chi connectivity index (χ0v) is 12.0. The quantitative estimate of drug-likeness (QED) is 0.690. The molecule has 0 saturated heterocycles. The van der Waals surface area contributed by atoms with E-state index in [4.69, 9.17) is 4.74 Å². The average molecular weight is 236 g/mol. The van der Waals surface area contributed by atoms with Crippen LogP contribution in [0.4, 0.5) is 0 Å². The maximum absolute atomic E-state index is 6.31. The molecule has 3 unspecified atom stereocenters. The van der Waals surface area contributed by atoms with Gasteiger partial charge in [-0.1, -0.05) is 33.6 Å². The van der Waals surface area contributed by atoms with E-state index in [0.29, 0.717) is 22.3 Å². The van der Waals surface area contributed by atoms with Crippen LogP contribution in [0.25, 0.3) is 0 Å². The lowest BCUT2D eigenvalue weighted by atomic mass is 9.66. The van der Waals surface area contributed by atoms with Gasteiger partial charge in [-0.15, -0.1) is 0 Å². The van der Waals surface area contributed by atoms with Crippen LogP contribution in [0.15, 0.2) is 0 Å². The predicted molar refractivity (Wildman–Crippen MR) is 70.9 cm³/mol. The SMILES string of the molecule is CCOC1C2(CCCC2)C2CCC1(C)C2(C)C. The summed E-state index contributed by atoms with van der Waals surface area (Å²) in [4.78, 5) is 0. The third kappa shape index (κ3) is 1.20. The fourth-order valence-electron chi connectivity index (χ4n) is 5.98. The number of ether oxygens (including phenoxy) is 1. The Labute approximate surface area is 106 Å². The summed E-state index contributed by atoms with van der Waals surface area (Å²) in [5.74, 6) is 0.916. The molecule has 3 aliphatic rings. The van der Waals surface area contributed by atoms with Gasteiger partial charge < -0.3 is 4.74 Å². The third-order valence-electron chi connectivity index (χ3n) is 6.96. The number of hydrogen-bond acceptors (Lipinski definition) is 1. The molecule has 0 aromatic carbocycles. The zero-order valence-electron chi connectivity index (χ0n) is 12.0. The van der Waals surface area contributed by atoms with Crippen molar-refractivity contribution >= 4 is 0 Å². The summed E-state index contributed by atoms with van der Waals surface area (Å²) < 4.78 is 6.31. The standard InChI is InChI=1S/C16H28O/c1-5-17-13-15(4)11-8-12(14(15,2)3)16(13)9-6-7-10-16/h12-13H,5-11H2,1-4H3. The van der Waals surface area contributed by atoms with Gasteiger partial charge in [-0.3, -0.25) is 0 Å². The molecule has 3 atom stereocenters. The lowest BCUT2D eigenvalue weighted by Crippen LogP contribution is -2.45. The first-order chi connectivity index (χ1) is 7.99. The van der Waals surface area contributed by atoms with E-state index in [0.717, 1.165) is 12.5 Å². The topological polar surface area (TPSA) is 9.23 Å². The molecule has 0 amide bonds. The van der Waals surface area contributed by atoms with E-state index >= 15 is 0 Å². The molecule has 0 aromatic rings. The second-order valence-electron chi connectivity index (χ2n) is 7.51. The molecule has 3 fully saturated rings. The minimum atomic E-state index is 0.429. The molecule has 3 saturated carbocycles. The summed E-state index contributed by atoms with van der Waals surface area (Å²) in [6.07, 6.45) is 9.11. The highest BCUT2D eigenvalue weighted by molar-refractivity contribution is 5.21. The fraction of sp³-hybridized carbons (Fsp3) is 1.00. The number of hydrogen-bond donors (Lipinski definition) is 0. The summed E-state index contributed by atoms with van der Waals surface area (Å²) in [6.45, 7) is 10.6. The Hall–Kier alpha value is -0.0400. The van der Waals surface area contributed by atoms with Crippen molar-refractivity contribution in [3.05, 3.63) is 0 Å². The normalized spacial score (nSPS) is 45.9. The molecule has 0 aromatic heterocycles. The molecule has 1 spiro atoms. The van der Waals surface area contributed by atoms with E-state index < -0.39 is 0 Å². The van der Waals surface area contributed by atoms with Crippen LogP contribution in [0.3, 0.4) is 0 Å². The highest BCUT2D eigenvalue weighted by Crippen LogP contribution is 2.76. The highest BCUT2D eigenvalue weighted by atomic mass is 16.5. The largest absolute Gasteiger partial charge is 0.377 e. The lowest BCUT2D eigenvalue weighted by molar-refractivity contribution is -0.101. The first-order valence-corrected chi connectivity index (χ1v) is 7.61. The maximum Gasteiger partial charge on any atom is 0.0692 e. The molecular formula is C16H28O. The first kappa shape index (κ1) is 12.0. The first-order valence-electron chi connectivity index (χ1n) is 7.61. The van der Waals surface area contributed by atoms with Gasteiger partial charge in [0.1, 0.15) is 0 Å². The molecule has 1 heteroatoms. The van der Waals surface area contributed by atoms with Gasteiger partial charge >= 0.3 is 0 Å². The monoisotopic (exact) mass is 236 g/mol. The van der Waals surface area contributed by atoms with Crippen LogP contribution in [0, 0.1) is 22.2 Å². The molecule has 17 heavy (non-hydrogen) atoms. The van der Waals surface area contributed by atoms with Gasteiger partial charge in [-0.25, -0.2) is 0 Å². The Kier molecular flexibility index (Phi) is 2.47. The van der Waals surface area contributed by atoms with Crippen LogP contribution in [0.1, 0.15) is 66.2 Å². The van der Waals surface area contributed by atoms with Gasteiger partial charge in [0, 0.05) is 12.0 Å². The molecule has 3 aliphatic carbocycles. The van der Waals surface area contributed by atoms with Crippen molar-refractivity contribution < 1.29 is 4.74 Å². The zero-order chi connectivity index (χ0) is 12.3. The van der Waals surface area contributed by atoms with E-state index in [1.807, 2.05) is 0 Å². The Morgan fingerprint density at radius 3 is 2.29 bits per heavy atom. The van der Waals surface area contributed by atoms with Gasteiger partial charge in [0.2, 0.25) is 0 Å². The number of fused-ring (bicyclic) bond motifs is 3. The summed E-state index contributed by atoms with van der Waals surface area (Å²) in [7, 11) is 0. The van der Waals surface area contributed by atoms with Gasteiger partial charge in [-0.05, 0) is 49.4 Å². The Bertz CT molecular complexity index is 313. The Morgan fingerprint density at radius 2 is 1.71 bits per heavy atom. The van der Waals surface area contributed by atoms with E-state index in [1.54, 1.807) is 0 Å². The Balaban J connectivity index is 2.05. The van der Waals surface area contributed by atoms with E-state index in [1.165, 1.54) is 38.5 Å². The van der Waals surface area contributed by atoms with Gasteiger partial charge in [-0.2, -0.15) is 0 Å². The van der Waals surface area contributed by atoms with Crippen molar-refractivity contribution in [1.82, 2.24) is 0 Å². The second-order valence-corrected chi connectivity index (χ2v) is 7.51. The van der Waals surface area contributed by atoms with Crippen molar-refractivity contribution in [2.24, 2.45) is 22.2 Å². The highest BCUT2D eigenvalue weighted by Gasteiger charge is 2.72. The molecule has 0 radical (unpaired) electrons. The smallest absolute Gasteiger partial charge is 0.0692 e. The van der Waals surface area contributed by atoms with Crippen molar-refractivity contribution in [3.63, 3.8) is 0 Å². The molecule has 3 rings (SSSR count). The fourth-order valence-corrected chi connectivity index (χ4v) is 5.98. The molecular weight excluding hydrogens is 208 g/mol. The molecule has 2 bridgehead atoms. The lowest BCUT2D eigenvalue weighted by Gasteiger charge is -2.44. The summed E-state index contributed by atoms with van der Waals surface area (Å²) in [6, 6.07) is 0. The average Bonchev–Trinajstić information content (AvgIpc) is 2.84. The second kappa shape index (κ2) is 3.50. The molecule has 0 heterocycles. The minimum absolute atomic E-state index is 0.429. The summed E-state index contributed by atoms with van der Waals surface area (Å²) in [5, 5.41) is 0. The third-order valence-corrected chi connectivity index (χ3v) is 6.96. The van der Waals surface area contributed by atoms with Crippen LogP contribution in [0.5, 0.6) is 0 Å². The maximum atomic E-state index is 6.31. The Morgan fingerprint density at radius 1 is 1.06 bits per heavy atom. The van der Waals surface area contributed by atoms with Gasteiger partial charge in [0.05, 0.1) is 6.10 Å². The van der Waals surface area contributed by atoms with Gasteiger partial charge in [0.25, 0.3) is 0 Å². The van der Waals surface area contributed by atoms with E-state index in [9.17, 15) is 0 Å². The van der Waals surface area contributed by atoms with Crippen LogP contribution >= 0.6 is 0 Å². The van der Waals surface area contributed by atoms with Crippen molar-refractivity contribution in [1.29, 1.82) is 0 Å². The van der Waals surface area contributed by atoms with Crippen LogP contribution in [-0.2, 0) is 4.74 Å². The number of rotatable bonds is 2. The summed E-state index contributed by atoms with van der Waals surface area (Å²) >= 11 is 0. The summed E-state index contributed by atoms with van der Waals surface area (Å²) in [5.41, 5.74) is 1.46. The van der Waals surface area contributed by atoms with Crippen molar-refractivity contribution in [2.75, 3.05) is 6.61 Å². The molecule has 0 N–H and O–H groups in total. The van der Waals surface area contributed by atoms with Crippen LogP contribution in [0.2, 0.25) is 0 Å². The molecule has 0 aliphatic heterocycles. The van der Waals surface area contributed by atoms with E-state index in [2.05, 4.69) is 27.7 Å².